The number of fused-ring (bicyclic) bond motifs is 2. The fourth-order valence-corrected chi connectivity index (χ4v) is 6.69. The van der Waals surface area contributed by atoms with Crippen LogP contribution in [-0.4, -0.2) is 52.7 Å². The molecule has 1 unspecified atom stereocenters. The zero-order chi connectivity index (χ0) is 28.8. The third-order valence-electron chi connectivity index (χ3n) is 8.95. The highest BCUT2D eigenvalue weighted by molar-refractivity contribution is 6.05. The molecule has 9 heteroatoms. The summed E-state index contributed by atoms with van der Waals surface area (Å²) in [4.78, 5) is 55.4. The van der Waals surface area contributed by atoms with Gasteiger partial charge in [-0.25, -0.2) is 9.69 Å². The second kappa shape index (κ2) is 10.7. The molecular formula is C33H32N4O5. The second-order valence-corrected chi connectivity index (χ2v) is 11.6. The molecule has 1 N–H and O–H groups in total. The van der Waals surface area contributed by atoms with Crippen molar-refractivity contribution in [3.05, 3.63) is 94.5 Å². The Kier molecular flexibility index (Phi) is 6.74. The zero-order valence-electron chi connectivity index (χ0n) is 23.3. The molecule has 3 aromatic rings. The van der Waals surface area contributed by atoms with Crippen LogP contribution in [0.1, 0.15) is 64.2 Å². The van der Waals surface area contributed by atoms with Gasteiger partial charge in [-0.2, -0.15) is 0 Å². The maximum atomic E-state index is 13.1. The first-order valence-electron chi connectivity index (χ1n) is 14.6. The normalized spacial score (nSPS) is 21.2. The highest BCUT2D eigenvalue weighted by Gasteiger charge is 2.39. The van der Waals surface area contributed by atoms with Gasteiger partial charge in [0.05, 0.1) is 11.4 Å². The second-order valence-electron chi connectivity index (χ2n) is 11.6. The van der Waals surface area contributed by atoms with Crippen LogP contribution in [0.15, 0.2) is 66.7 Å². The maximum absolute atomic E-state index is 13.1. The number of rotatable bonds is 5. The monoisotopic (exact) mass is 564 g/mol. The average molecular weight is 565 g/mol. The fourth-order valence-electron chi connectivity index (χ4n) is 6.69. The number of cyclic esters (lactones) is 1. The Morgan fingerprint density at radius 2 is 1.67 bits per heavy atom. The summed E-state index contributed by atoms with van der Waals surface area (Å²) >= 11 is 0. The quantitative estimate of drug-likeness (QED) is 0.455. The molecule has 4 aliphatic rings. The van der Waals surface area contributed by atoms with Crippen LogP contribution in [0.3, 0.4) is 0 Å². The Labute approximate surface area is 244 Å². The topological polar surface area (TPSA) is 99.3 Å². The van der Waals surface area contributed by atoms with Crippen molar-refractivity contribution in [2.75, 3.05) is 18.0 Å². The van der Waals surface area contributed by atoms with Crippen LogP contribution in [0, 0.1) is 0 Å². The Morgan fingerprint density at radius 1 is 0.857 bits per heavy atom. The largest absolute Gasteiger partial charge is 0.444 e. The number of carbonyl (C=O) groups excluding carboxylic acids is 4. The SMILES string of the molecule is O=C1CCC(N2Cc3cc(C4CCN(Cc5ccc6c(c5)N(c5ccccc5)C(=O)OC6)CC4)ccc3C2=O)C(=O)N1. The third kappa shape index (κ3) is 4.83. The van der Waals surface area contributed by atoms with Gasteiger partial charge in [-0.1, -0.05) is 42.5 Å². The van der Waals surface area contributed by atoms with Crippen LogP contribution in [0.25, 0.3) is 0 Å². The Hall–Kier alpha value is -4.50. The molecule has 0 radical (unpaired) electrons. The third-order valence-corrected chi connectivity index (χ3v) is 8.95. The summed E-state index contributed by atoms with van der Waals surface area (Å²) in [7, 11) is 0. The van der Waals surface area contributed by atoms with E-state index < -0.39 is 6.04 Å². The molecular weight excluding hydrogens is 532 g/mol. The summed E-state index contributed by atoms with van der Waals surface area (Å²) in [6, 6.07) is 21.4. The number of hydrogen-bond acceptors (Lipinski definition) is 6. The molecule has 3 aromatic carbocycles. The van der Waals surface area contributed by atoms with E-state index in [1.807, 2.05) is 36.4 Å². The molecule has 4 aliphatic heterocycles. The van der Waals surface area contributed by atoms with Gasteiger partial charge in [-0.05, 0) is 79.2 Å². The van der Waals surface area contributed by atoms with Gasteiger partial charge >= 0.3 is 6.09 Å². The standard InChI is InChI=1S/C33H32N4O5/c38-30-11-10-28(31(39)34-30)36-19-25-17-23(8-9-27(25)32(36)40)22-12-14-35(15-13-22)18-21-6-7-24-20-42-33(41)37(29(24)16-21)26-4-2-1-3-5-26/h1-9,16-17,22,28H,10-15,18-20H2,(H,34,38,39). The molecule has 0 saturated carbocycles. The Balaban J connectivity index is 1.00. The molecule has 0 bridgehead atoms. The van der Waals surface area contributed by atoms with E-state index in [0.717, 1.165) is 60.5 Å². The summed E-state index contributed by atoms with van der Waals surface area (Å²) in [5, 5.41) is 2.37. The number of piperidine rings is 2. The fraction of sp³-hybridized carbons (Fsp3) is 0.333. The van der Waals surface area contributed by atoms with E-state index in [9.17, 15) is 19.2 Å². The zero-order valence-corrected chi connectivity index (χ0v) is 23.3. The number of nitrogens with zero attached hydrogens (tertiary/aromatic N) is 3. The smallest absolute Gasteiger partial charge is 0.419 e. The van der Waals surface area contributed by atoms with Crippen LogP contribution in [-0.2, 0) is 34.0 Å². The Morgan fingerprint density at radius 3 is 2.45 bits per heavy atom. The highest BCUT2D eigenvalue weighted by atomic mass is 16.6. The first-order valence-corrected chi connectivity index (χ1v) is 14.6. The van der Waals surface area contributed by atoms with Crippen LogP contribution < -0.4 is 10.2 Å². The van der Waals surface area contributed by atoms with Crippen molar-refractivity contribution in [3.8, 4) is 0 Å². The van der Waals surface area contributed by atoms with Crippen molar-refractivity contribution < 1.29 is 23.9 Å². The van der Waals surface area contributed by atoms with Crippen molar-refractivity contribution >= 4 is 35.2 Å². The number of anilines is 2. The maximum Gasteiger partial charge on any atom is 0.419 e. The van der Waals surface area contributed by atoms with E-state index in [1.165, 1.54) is 5.56 Å². The van der Waals surface area contributed by atoms with Gasteiger partial charge in [0, 0.05) is 30.6 Å². The van der Waals surface area contributed by atoms with Crippen LogP contribution in [0.5, 0.6) is 0 Å². The molecule has 4 amide bonds. The number of carbonyl (C=O) groups is 4. The van der Waals surface area contributed by atoms with E-state index in [-0.39, 0.29) is 36.8 Å². The molecule has 2 saturated heterocycles. The number of para-hydroxylation sites is 1. The number of ether oxygens (including phenoxy) is 1. The molecule has 7 rings (SSSR count). The lowest BCUT2D eigenvalue weighted by Gasteiger charge is -2.33. The van der Waals surface area contributed by atoms with Gasteiger partial charge < -0.3 is 9.64 Å². The summed E-state index contributed by atoms with van der Waals surface area (Å²) in [5.74, 6) is -0.394. The van der Waals surface area contributed by atoms with Gasteiger partial charge in [-0.3, -0.25) is 24.6 Å². The van der Waals surface area contributed by atoms with Crippen molar-refractivity contribution in [3.63, 3.8) is 0 Å². The van der Waals surface area contributed by atoms with Crippen molar-refractivity contribution in [1.29, 1.82) is 0 Å². The Bertz CT molecular complexity index is 1580. The lowest BCUT2D eigenvalue weighted by atomic mass is 9.87. The van der Waals surface area contributed by atoms with E-state index in [4.69, 9.17) is 4.74 Å². The van der Waals surface area contributed by atoms with E-state index in [0.29, 0.717) is 24.4 Å². The number of hydrogen-bond donors (Lipinski definition) is 1. The minimum absolute atomic E-state index is 0.134. The molecule has 9 nitrogen and oxygen atoms in total. The highest BCUT2D eigenvalue weighted by Crippen LogP contribution is 2.36. The molecule has 0 spiro atoms. The van der Waals surface area contributed by atoms with Crippen LogP contribution in [0.2, 0.25) is 0 Å². The summed E-state index contributed by atoms with van der Waals surface area (Å²) < 4.78 is 5.42. The van der Waals surface area contributed by atoms with Crippen LogP contribution >= 0.6 is 0 Å². The molecule has 2 fully saturated rings. The predicted molar refractivity (Wildman–Crippen MR) is 155 cm³/mol. The van der Waals surface area contributed by atoms with E-state index in [1.54, 1.807) is 9.80 Å². The summed E-state index contributed by atoms with van der Waals surface area (Å²) in [6.07, 6.45) is 2.29. The van der Waals surface area contributed by atoms with Crippen molar-refractivity contribution in [1.82, 2.24) is 15.1 Å². The number of benzene rings is 3. The van der Waals surface area contributed by atoms with Crippen molar-refractivity contribution in [2.45, 2.75) is 57.3 Å². The van der Waals surface area contributed by atoms with Gasteiger partial charge in [0.2, 0.25) is 11.8 Å². The first kappa shape index (κ1) is 26.4. The summed E-state index contributed by atoms with van der Waals surface area (Å²) in [6.45, 7) is 3.38. The number of amides is 4. The van der Waals surface area contributed by atoms with Gasteiger partial charge in [0.1, 0.15) is 12.6 Å². The molecule has 42 heavy (non-hydrogen) atoms. The van der Waals surface area contributed by atoms with E-state index in [2.05, 4.69) is 40.5 Å². The van der Waals surface area contributed by atoms with Crippen molar-refractivity contribution in [2.24, 2.45) is 0 Å². The minimum Gasteiger partial charge on any atom is -0.444 e. The van der Waals surface area contributed by atoms with E-state index >= 15 is 0 Å². The predicted octanol–water partition coefficient (Wildman–Crippen LogP) is 4.62. The molecule has 214 valence electrons. The van der Waals surface area contributed by atoms with Gasteiger partial charge in [0.25, 0.3) is 5.91 Å². The van der Waals surface area contributed by atoms with Gasteiger partial charge in [0.15, 0.2) is 0 Å². The lowest BCUT2D eigenvalue weighted by Crippen LogP contribution is -2.52. The molecule has 4 heterocycles. The average Bonchev–Trinajstić information content (AvgIpc) is 3.33. The lowest BCUT2D eigenvalue weighted by molar-refractivity contribution is -0.136. The van der Waals surface area contributed by atoms with Gasteiger partial charge in [-0.15, -0.1) is 0 Å². The first-order chi connectivity index (χ1) is 20.4. The summed E-state index contributed by atoms with van der Waals surface area (Å²) in [5.41, 5.74) is 6.67. The minimum atomic E-state index is -0.594. The molecule has 0 aliphatic carbocycles. The van der Waals surface area contributed by atoms with Crippen LogP contribution in [0.4, 0.5) is 16.2 Å². The number of nitrogens with one attached hydrogen (secondary N) is 1. The number of imide groups is 1. The molecule has 0 aromatic heterocycles. The molecule has 1 atom stereocenters. The number of likely N-dealkylation sites (tertiary alicyclic amines) is 1.